The lowest BCUT2D eigenvalue weighted by Crippen LogP contribution is -1.96. The fourth-order valence-corrected chi connectivity index (χ4v) is 1.81. The highest BCUT2D eigenvalue weighted by Gasteiger charge is 2.14. The Balaban J connectivity index is 2.90. The minimum atomic E-state index is 0.380. The lowest BCUT2D eigenvalue weighted by Gasteiger charge is -2.00. The zero-order chi connectivity index (χ0) is 11.3. The molecule has 0 aliphatic heterocycles. The second-order valence-electron chi connectivity index (χ2n) is 3.92. The van der Waals surface area contributed by atoms with Crippen molar-refractivity contribution in [1.29, 1.82) is 0 Å². The van der Waals surface area contributed by atoms with E-state index in [4.69, 9.17) is 0 Å². The van der Waals surface area contributed by atoms with Crippen molar-refractivity contribution in [3.8, 4) is 5.88 Å². The van der Waals surface area contributed by atoms with Crippen LogP contribution in [0.1, 0.15) is 51.3 Å². The van der Waals surface area contributed by atoms with Crippen molar-refractivity contribution >= 4 is 0 Å². The first-order valence-corrected chi connectivity index (χ1v) is 6.02. The molecule has 3 heteroatoms. The smallest absolute Gasteiger partial charge is 0.212 e. The molecule has 0 bridgehead atoms. The number of nitrogens with zero attached hydrogens (tertiary/aromatic N) is 2. The van der Waals surface area contributed by atoms with Gasteiger partial charge in [-0.2, -0.15) is 5.10 Å². The van der Waals surface area contributed by atoms with E-state index in [1.807, 2.05) is 6.92 Å². The fraction of sp³-hybridized carbons (Fsp3) is 0.750. The van der Waals surface area contributed by atoms with Gasteiger partial charge in [-0.1, -0.05) is 26.7 Å². The Hall–Kier alpha value is -0.990. The second-order valence-corrected chi connectivity index (χ2v) is 3.92. The molecule has 0 spiro atoms. The lowest BCUT2D eigenvalue weighted by molar-refractivity contribution is 0.400. The van der Waals surface area contributed by atoms with Gasteiger partial charge in [-0.25, -0.2) is 4.68 Å². The van der Waals surface area contributed by atoms with Gasteiger partial charge in [0.2, 0.25) is 5.88 Å². The summed E-state index contributed by atoms with van der Waals surface area (Å²) < 4.78 is 1.70. The molecule has 1 N–H and O–H groups in total. The predicted octanol–water partition coefficient (Wildman–Crippen LogP) is 2.90. The highest BCUT2D eigenvalue weighted by atomic mass is 16.3. The lowest BCUT2D eigenvalue weighted by atomic mass is 10.1. The summed E-state index contributed by atoms with van der Waals surface area (Å²) in [6.07, 6.45) is 5.31. The van der Waals surface area contributed by atoms with Gasteiger partial charge in [0.25, 0.3) is 0 Å². The predicted molar refractivity (Wildman–Crippen MR) is 62.2 cm³/mol. The summed E-state index contributed by atoms with van der Waals surface area (Å²) in [6.45, 7) is 7.06. The van der Waals surface area contributed by atoms with Crippen LogP contribution >= 0.6 is 0 Å². The van der Waals surface area contributed by atoms with Crippen LogP contribution in [0.25, 0.3) is 0 Å². The Bertz CT molecular complexity index is 305. The number of aromatic nitrogens is 2. The fourth-order valence-electron chi connectivity index (χ4n) is 1.81. The maximum Gasteiger partial charge on any atom is 0.212 e. The van der Waals surface area contributed by atoms with Crippen LogP contribution in [0.5, 0.6) is 5.88 Å². The average molecular weight is 210 g/mol. The summed E-state index contributed by atoms with van der Waals surface area (Å²) in [7, 11) is 0. The van der Waals surface area contributed by atoms with Crippen molar-refractivity contribution in [2.45, 2.75) is 59.4 Å². The monoisotopic (exact) mass is 210 g/mol. The standard InChI is InChI=1S/C12H22N2O/c1-4-7-9-11-10(8-5-2)12(15)14(6-3)13-11/h15H,4-9H2,1-3H3. The molecule has 1 rings (SSSR count). The van der Waals surface area contributed by atoms with Crippen molar-refractivity contribution in [1.82, 2.24) is 9.78 Å². The van der Waals surface area contributed by atoms with Crippen LogP contribution in [0.3, 0.4) is 0 Å². The summed E-state index contributed by atoms with van der Waals surface area (Å²) in [5.41, 5.74) is 2.16. The van der Waals surface area contributed by atoms with Crippen LogP contribution in [0.15, 0.2) is 0 Å². The molecular weight excluding hydrogens is 188 g/mol. The Morgan fingerprint density at radius 1 is 1.13 bits per heavy atom. The molecule has 1 heterocycles. The van der Waals surface area contributed by atoms with Crippen LogP contribution in [-0.2, 0) is 19.4 Å². The van der Waals surface area contributed by atoms with Crippen molar-refractivity contribution in [3.63, 3.8) is 0 Å². The van der Waals surface area contributed by atoms with E-state index in [2.05, 4.69) is 18.9 Å². The van der Waals surface area contributed by atoms with E-state index >= 15 is 0 Å². The molecule has 0 atom stereocenters. The van der Waals surface area contributed by atoms with Gasteiger partial charge in [0.05, 0.1) is 5.69 Å². The molecular formula is C12H22N2O. The topological polar surface area (TPSA) is 38.0 Å². The molecule has 15 heavy (non-hydrogen) atoms. The van der Waals surface area contributed by atoms with Gasteiger partial charge in [0.1, 0.15) is 0 Å². The zero-order valence-corrected chi connectivity index (χ0v) is 10.1. The third kappa shape index (κ3) is 2.74. The molecule has 0 unspecified atom stereocenters. The second kappa shape index (κ2) is 5.79. The molecule has 86 valence electrons. The first kappa shape index (κ1) is 12.1. The Labute approximate surface area is 92.1 Å². The van der Waals surface area contributed by atoms with E-state index in [1.165, 1.54) is 6.42 Å². The minimum absolute atomic E-state index is 0.380. The highest BCUT2D eigenvalue weighted by Crippen LogP contribution is 2.24. The first-order valence-electron chi connectivity index (χ1n) is 6.02. The zero-order valence-electron chi connectivity index (χ0n) is 10.1. The number of hydrogen-bond donors (Lipinski definition) is 1. The van der Waals surface area contributed by atoms with Crippen molar-refractivity contribution < 1.29 is 5.11 Å². The van der Waals surface area contributed by atoms with Crippen LogP contribution in [0.4, 0.5) is 0 Å². The summed E-state index contributed by atoms with van der Waals surface area (Å²) in [4.78, 5) is 0. The molecule has 0 aromatic carbocycles. The third-order valence-electron chi connectivity index (χ3n) is 2.67. The molecule has 0 amide bonds. The highest BCUT2D eigenvalue weighted by molar-refractivity contribution is 5.31. The van der Waals surface area contributed by atoms with Gasteiger partial charge >= 0.3 is 0 Å². The van der Waals surface area contributed by atoms with E-state index in [0.29, 0.717) is 5.88 Å². The van der Waals surface area contributed by atoms with E-state index in [-0.39, 0.29) is 0 Å². The Kier molecular flexibility index (Phi) is 4.66. The number of unbranched alkanes of at least 4 members (excludes halogenated alkanes) is 1. The summed E-state index contributed by atoms with van der Waals surface area (Å²) in [5.74, 6) is 0.380. The average Bonchev–Trinajstić information content (AvgIpc) is 2.54. The first-order chi connectivity index (χ1) is 7.24. The summed E-state index contributed by atoms with van der Waals surface area (Å²) >= 11 is 0. The molecule has 0 radical (unpaired) electrons. The number of hydrogen-bond acceptors (Lipinski definition) is 2. The van der Waals surface area contributed by atoms with Gasteiger partial charge in [-0.05, 0) is 26.2 Å². The molecule has 0 saturated heterocycles. The van der Waals surface area contributed by atoms with Gasteiger partial charge in [0, 0.05) is 12.1 Å². The van der Waals surface area contributed by atoms with E-state index in [1.54, 1.807) is 4.68 Å². The third-order valence-corrected chi connectivity index (χ3v) is 2.67. The maximum absolute atomic E-state index is 9.94. The van der Waals surface area contributed by atoms with Crippen LogP contribution in [-0.4, -0.2) is 14.9 Å². The molecule has 0 aliphatic carbocycles. The van der Waals surface area contributed by atoms with Crippen LogP contribution in [0, 0.1) is 0 Å². The van der Waals surface area contributed by atoms with E-state index < -0.39 is 0 Å². The number of rotatable bonds is 6. The van der Waals surface area contributed by atoms with Crippen molar-refractivity contribution in [3.05, 3.63) is 11.3 Å². The minimum Gasteiger partial charge on any atom is -0.493 e. The van der Waals surface area contributed by atoms with E-state index in [9.17, 15) is 5.11 Å². The molecule has 1 aromatic rings. The Morgan fingerprint density at radius 2 is 1.87 bits per heavy atom. The number of aryl methyl sites for hydroxylation is 2. The molecule has 1 aromatic heterocycles. The Morgan fingerprint density at radius 3 is 2.40 bits per heavy atom. The number of aromatic hydroxyl groups is 1. The van der Waals surface area contributed by atoms with Gasteiger partial charge in [0.15, 0.2) is 0 Å². The van der Waals surface area contributed by atoms with Crippen molar-refractivity contribution in [2.24, 2.45) is 0 Å². The summed E-state index contributed by atoms with van der Waals surface area (Å²) in [6, 6.07) is 0. The molecule has 0 fully saturated rings. The largest absolute Gasteiger partial charge is 0.493 e. The van der Waals surface area contributed by atoms with Gasteiger partial charge in [-0.15, -0.1) is 0 Å². The van der Waals surface area contributed by atoms with Crippen molar-refractivity contribution in [2.75, 3.05) is 0 Å². The summed E-state index contributed by atoms with van der Waals surface area (Å²) in [5, 5.41) is 14.4. The van der Waals surface area contributed by atoms with E-state index in [0.717, 1.165) is 43.5 Å². The van der Waals surface area contributed by atoms with Gasteiger partial charge in [-0.3, -0.25) is 0 Å². The quantitative estimate of drug-likeness (QED) is 0.784. The maximum atomic E-state index is 9.94. The van der Waals surface area contributed by atoms with Crippen LogP contribution < -0.4 is 0 Å². The molecule has 0 aliphatic rings. The van der Waals surface area contributed by atoms with Crippen LogP contribution in [0.2, 0.25) is 0 Å². The normalized spacial score (nSPS) is 10.9. The molecule has 3 nitrogen and oxygen atoms in total. The van der Waals surface area contributed by atoms with Gasteiger partial charge < -0.3 is 5.11 Å². The molecule has 0 saturated carbocycles. The SMILES string of the molecule is CCCCc1nn(CC)c(O)c1CCC.